The van der Waals surface area contributed by atoms with Crippen molar-refractivity contribution in [3.05, 3.63) is 65.7 Å². The van der Waals surface area contributed by atoms with Crippen molar-refractivity contribution in [3.8, 4) is 0 Å². The molecule has 1 amide bonds. The maximum absolute atomic E-state index is 13.1. The zero-order chi connectivity index (χ0) is 15.2. The van der Waals surface area contributed by atoms with Gasteiger partial charge in [0.05, 0.1) is 5.75 Å². The largest absolute Gasteiger partial charge is 0.341 e. The fourth-order valence-electron chi connectivity index (χ4n) is 1.77. The minimum absolute atomic E-state index is 0.0615. The van der Waals surface area contributed by atoms with Gasteiger partial charge in [-0.1, -0.05) is 30.3 Å². The zero-order valence-electron chi connectivity index (χ0n) is 11.6. The maximum Gasteiger partial charge on any atom is 0.232 e. The van der Waals surface area contributed by atoms with Crippen LogP contribution in [0.25, 0.3) is 0 Å². The van der Waals surface area contributed by atoms with E-state index in [1.807, 2.05) is 30.3 Å². The number of carbonyl (C=O) groups excluding carboxylic acids is 1. The van der Waals surface area contributed by atoms with E-state index in [2.05, 4.69) is 0 Å². The van der Waals surface area contributed by atoms with Crippen molar-refractivity contribution in [2.45, 2.75) is 11.4 Å². The highest BCUT2D eigenvalue weighted by molar-refractivity contribution is 8.00. The summed E-state index contributed by atoms with van der Waals surface area (Å²) in [4.78, 5) is 14.2. The molecule has 0 saturated carbocycles. The molecule has 5 heteroatoms. The molecule has 110 valence electrons. The van der Waals surface area contributed by atoms with Crippen LogP contribution in [0.3, 0.4) is 0 Å². The summed E-state index contributed by atoms with van der Waals surface area (Å²) in [7, 11) is 1.72. The molecule has 2 aromatic rings. The van der Waals surface area contributed by atoms with Crippen LogP contribution in [0.2, 0.25) is 0 Å². The fraction of sp³-hybridized carbons (Fsp3) is 0.188. The van der Waals surface area contributed by atoms with Crippen molar-refractivity contribution in [2.24, 2.45) is 0 Å². The first kappa shape index (κ1) is 15.5. The molecular weight excluding hydrogens is 292 g/mol. The van der Waals surface area contributed by atoms with Crippen LogP contribution in [0.15, 0.2) is 53.4 Å². The second kappa shape index (κ2) is 7.22. The van der Waals surface area contributed by atoms with Gasteiger partial charge in [0, 0.05) is 18.5 Å². The number of carbonyl (C=O) groups is 1. The molecule has 21 heavy (non-hydrogen) atoms. The number of rotatable bonds is 5. The lowest BCUT2D eigenvalue weighted by Gasteiger charge is -2.17. The van der Waals surface area contributed by atoms with E-state index in [9.17, 15) is 13.6 Å². The van der Waals surface area contributed by atoms with Crippen LogP contribution in [0.5, 0.6) is 0 Å². The van der Waals surface area contributed by atoms with E-state index in [4.69, 9.17) is 0 Å². The minimum atomic E-state index is -0.898. The summed E-state index contributed by atoms with van der Waals surface area (Å²) in [6.07, 6.45) is 0. The summed E-state index contributed by atoms with van der Waals surface area (Å²) >= 11 is 1.19. The SMILES string of the molecule is CN(Cc1ccccc1)C(=O)CSc1ccc(F)c(F)c1. The number of thioether (sulfide) groups is 1. The van der Waals surface area contributed by atoms with E-state index in [1.54, 1.807) is 11.9 Å². The summed E-state index contributed by atoms with van der Waals surface area (Å²) in [6.45, 7) is 0.526. The van der Waals surface area contributed by atoms with Gasteiger partial charge >= 0.3 is 0 Å². The van der Waals surface area contributed by atoms with Crippen LogP contribution in [-0.4, -0.2) is 23.6 Å². The van der Waals surface area contributed by atoms with E-state index in [0.29, 0.717) is 11.4 Å². The number of nitrogens with zero attached hydrogens (tertiary/aromatic N) is 1. The van der Waals surface area contributed by atoms with Crippen LogP contribution in [-0.2, 0) is 11.3 Å². The van der Waals surface area contributed by atoms with E-state index in [1.165, 1.54) is 17.8 Å². The van der Waals surface area contributed by atoms with Gasteiger partial charge in [0.15, 0.2) is 11.6 Å². The molecule has 0 saturated heterocycles. The molecule has 0 unspecified atom stereocenters. The molecule has 0 N–H and O–H groups in total. The Morgan fingerprint density at radius 1 is 1.10 bits per heavy atom. The highest BCUT2D eigenvalue weighted by atomic mass is 32.2. The number of hydrogen-bond acceptors (Lipinski definition) is 2. The summed E-state index contributed by atoms with van der Waals surface area (Å²) < 4.78 is 25.9. The lowest BCUT2D eigenvalue weighted by Crippen LogP contribution is -2.27. The first-order chi connectivity index (χ1) is 10.1. The smallest absolute Gasteiger partial charge is 0.232 e. The minimum Gasteiger partial charge on any atom is -0.341 e. The Morgan fingerprint density at radius 2 is 1.81 bits per heavy atom. The van der Waals surface area contributed by atoms with Gasteiger partial charge in [-0.2, -0.15) is 0 Å². The van der Waals surface area contributed by atoms with Crippen molar-refractivity contribution in [1.29, 1.82) is 0 Å². The van der Waals surface area contributed by atoms with E-state index < -0.39 is 11.6 Å². The van der Waals surface area contributed by atoms with Crippen molar-refractivity contribution >= 4 is 17.7 Å². The molecule has 0 aliphatic heterocycles. The van der Waals surface area contributed by atoms with Crippen LogP contribution >= 0.6 is 11.8 Å². The number of hydrogen-bond donors (Lipinski definition) is 0. The van der Waals surface area contributed by atoms with Crippen LogP contribution in [0, 0.1) is 11.6 Å². The van der Waals surface area contributed by atoms with Crippen LogP contribution in [0.4, 0.5) is 8.78 Å². The second-order valence-corrected chi connectivity index (χ2v) is 5.65. The van der Waals surface area contributed by atoms with Crippen molar-refractivity contribution in [1.82, 2.24) is 4.90 Å². The van der Waals surface area contributed by atoms with E-state index >= 15 is 0 Å². The Morgan fingerprint density at radius 3 is 2.48 bits per heavy atom. The first-order valence-corrected chi connectivity index (χ1v) is 7.40. The molecule has 0 radical (unpaired) electrons. The number of halogens is 2. The van der Waals surface area contributed by atoms with Gasteiger partial charge in [0.2, 0.25) is 5.91 Å². The van der Waals surface area contributed by atoms with Gasteiger partial charge in [0.1, 0.15) is 0 Å². The lowest BCUT2D eigenvalue weighted by molar-refractivity contribution is -0.127. The number of amides is 1. The Hall–Kier alpha value is -1.88. The summed E-state index contributed by atoms with van der Waals surface area (Å²) in [5.41, 5.74) is 1.05. The van der Waals surface area contributed by atoms with Crippen molar-refractivity contribution < 1.29 is 13.6 Å². The van der Waals surface area contributed by atoms with E-state index in [-0.39, 0.29) is 11.7 Å². The predicted octanol–water partition coefficient (Wildman–Crippen LogP) is 3.72. The average Bonchev–Trinajstić information content (AvgIpc) is 2.49. The Bertz CT molecular complexity index is 619. The molecule has 0 fully saturated rings. The van der Waals surface area contributed by atoms with Gasteiger partial charge in [-0.25, -0.2) is 8.78 Å². The third-order valence-electron chi connectivity index (χ3n) is 2.94. The fourth-order valence-corrected chi connectivity index (χ4v) is 2.63. The van der Waals surface area contributed by atoms with Gasteiger partial charge in [-0.05, 0) is 23.8 Å². The van der Waals surface area contributed by atoms with Crippen LogP contribution in [0.1, 0.15) is 5.56 Å². The lowest BCUT2D eigenvalue weighted by atomic mass is 10.2. The Balaban J connectivity index is 1.87. The maximum atomic E-state index is 13.1. The topological polar surface area (TPSA) is 20.3 Å². The quantitative estimate of drug-likeness (QED) is 0.785. The summed E-state index contributed by atoms with van der Waals surface area (Å²) in [5, 5.41) is 0. The molecule has 0 atom stereocenters. The van der Waals surface area contributed by atoms with Gasteiger partial charge < -0.3 is 4.90 Å². The first-order valence-electron chi connectivity index (χ1n) is 6.42. The molecule has 0 aliphatic rings. The molecular formula is C16H15F2NOS. The highest BCUT2D eigenvalue weighted by Gasteiger charge is 2.11. The molecule has 0 spiro atoms. The molecule has 2 aromatic carbocycles. The second-order valence-electron chi connectivity index (χ2n) is 4.60. The summed E-state index contributed by atoms with van der Waals surface area (Å²) in [6, 6.07) is 13.3. The highest BCUT2D eigenvalue weighted by Crippen LogP contribution is 2.20. The molecule has 0 aromatic heterocycles. The molecule has 2 rings (SSSR count). The van der Waals surface area contributed by atoms with Crippen LogP contribution < -0.4 is 0 Å². The Labute approximate surface area is 126 Å². The standard InChI is InChI=1S/C16H15F2NOS/c1-19(10-12-5-3-2-4-6-12)16(20)11-21-13-7-8-14(17)15(18)9-13/h2-9H,10-11H2,1H3. The third-order valence-corrected chi connectivity index (χ3v) is 3.92. The molecule has 0 bridgehead atoms. The predicted molar refractivity (Wildman–Crippen MR) is 80.0 cm³/mol. The van der Waals surface area contributed by atoms with Gasteiger partial charge in [-0.15, -0.1) is 11.8 Å². The average molecular weight is 307 g/mol. The molecule has 0 aliphatic carbocycles. The van der Waals surface area contributed by atoms with Crippen molar-refractivity contribution in [2.75, 3.05) is 12.8 Å². The third kappa shape index (κ3) is 4.56. The zero-order valence-corrected chi connectivity index (χ0v) is 12.4. The molecule has 0 heterocycles. The molecule has 2 nitrogen and oxygen atoms in total. The normalized spacial score (nSPS) is 10.4. The monoisotopic (exact) mass is 307 g/mol. The van der Waals surface area contributed by atoms with Crippen molar-refractivity contribution in [3.63, 3.8) is 0 Å². The van der Waals surface area contributed by atoms with Gasteiger partial charge in [-0.3, -0.25) is 4.79 Å². The summed E-state index contributed by atoms with van der Waals surface area (Å²) in [5.74, 6) is -1.65. The van der Waals surface area contributed by atoms with E-state index in [0.717, 1.165) is 17.7 Å². The van der Waals surface area contributed by atoms with Gasteiger partial charge in [0.25, 0.3) is 0 Å². The number of benzene rings is 2. The Kier molecular flexibility index (Phi) is 5.33.